The van der Waals surface area contributed by atoms with Crippen molar-refractivity contribution in [2.75, 3.05) is 6.54 Å². The minimum absolute atomic E-state index is 0.669. The van der Waals surface area contributed by atoms with Gasteiger partial charge in [0.15, 0.2) is 12.0 Å². The molecule has 14 heavy (non-hydrogen) atoms. The van der Waals surface area contributed by atoms with Crippen molar-refractivity contribution >= 4 is 22.7 Å². The number of fused-ring (bicyclic) bond motifs is 1. The lowest BCUT2D eigenvalue weighted by Crippen LogP contribution is -2.00. The highest BCUT2D eigenvalue weighted by Gasteiger charge is 2.06. The lowest BCUT2D eigenvalue weighted by molar-refractivity contribution is 0.596. The Hall–Kier alpha value is -1.06. The molecule has 4 heteroatoms. The van der Waals surface area contributed by atoms with Crippen LogP contribution in [0.4, 0.5) is 0 Å². The van der Waals surface area contributed by atoms with E-state index in [0.717, 1.165) is 29.5 Å². The maximum atomic E-state index is 5.95. The van der Waals surface area contributed by atoms with Gasteiger partial charge in [-0.25, -0.2) is 4.98 Å². The van der Waals surface area contributed by atoms with Crippen molar-refractivity contribution in [3.8, 4) is 0 Å². The van der Waals surface area contributed by atoms with Crippen molar-refractivity contribution < 1.29 is 4.42 Å². The zero-order chi connectivity index (χ0) is 9.97. The van der Waals surface area contributed by atoms with Crippen molar-refractivity contribution in [1.29, 1.82) is 0 Å². The van der Waals surface area contributed by atoms with Gasteiger partial charge in [-0.2, -0.15) is 0 Å². The van der Waals surface area contributed by atoms with Crippen LogP contribution < -0.4 is 5.73 Å². The fourth-order valence-electron chi connectivity index (χ4n) is 1.48. The van der Waals surface area contributed by atoms with Gasteiger partial charge in [0.2, 0.25) is 0 Å². The Labute approximate surface area is 86.9 Å². The summed E-state index contributed by atoms with van der Waals surface area (Å²) in [6, 6.07) is 3.71. The molecule has 2 rings (SSSR count). The predicted octanol–water partition coefficient (Wildman–Crippen LogP) is 2.37. The number of hydrogen-bond acceptors (Lipinski definition) is 3. The van der Waals surface area contributed by atoms with Gasteiger partial charge >= 0.3 is 0 Å². The molecule has 0 bridgehead atoms. The van der Waals surface area contributed by atoms with Gasteiger partial charge in [-0.3, -0.25) is 0 Å². The number of aromatic nitrogens is 1. The molecule has 0 saturated heterocycles. The molecule has 0 saturated carbocycles. The van der Waals surface area contributed by atoms with Crippen LogP contribution in [-0.2, 0) is 6.42 Å². The summed E-state index contributed by atoms with van der Waals surface area (Å²) in [4.78, 5) is 4.07. The molecule has 2 N–H and O–H groups in total. The molecule has 0 unspecified atom stereocenters. The van der Waals surface area contributed by atoms with E-state index >= 15 is 0 Å². The first-order chi connectivity index (χ1) is 6.81. The normalized spacial score (nSPS) is 11.0. The largest absolute Gasteiger partial charge is 0.443 e. The highest BCUT2D eigenvalue weighted by atomic mass is 35.5. The molecule has 74 valence electrons. The van der Waals surface area contributed by atoms with E-state index in [9.17, 15) is 0 Å². The summed E-state index contributed by atoms with van der Waals surface area (Å²) >= 11 is 5.95. The van der Waals surface area contributed by atoms with Crippen LogP contribution in [-0.4, -0.2) is 11.5 Å². The first kappa shape index (κ1) is 9.49. The number of aryl methyl sites for hydroxylation is 1. The van der Waals surface area contributed by atoms with E-state index < -0.39 is 0 Å². The average Bonchev–Trinajstić information content (AvgIpc) is 2.61. The maximum Gasteiger partial charge on any atom is 0.181 e. The van der Waals surface area contributed by atoms with Crippen LogP contribution in [0, 0.1) is 0 Å². The Balaban J connectivity index is 2.44. The standard InChI is InChI=1S/C10H11ClN2O/c11-8-4-7(2-1-3-12)10-9(5-8)13-6-14-10/h4-6H,1-3,12H2. The van der Waals surface area contributed by atoms with Gasteiger partial charge in [-0.05, 0) is 37.1 Å². The Bertz CT molecular complexity index is 439. The number of hydrogen-bond donors (Lipinski definition) is 1. The summed E-state index contributed by atoms with van der Waals surface area (Å²) in [5.41, 5.74) is 8.17. The Morgan fingerprint density at radius 1 is 1.43 bits per heavy atom. The van der Waals surface area contributed by atoms with Crippen molar-refractivity contribution in [3.63, 3.8) is 0 Å². The van der Waals surface area contributed by atoms with Gasteiger partial charge < -0.3 is 10.2 Å². The Kier molecular flexibility index (Phi) is 2.70. The highest BCUT2D eigenvalue weighted by Crippen LogP contribution is 2.23. The van der Waals surface area contributed by atoms with Gasteiger partial charge in [0.05, 0.1) is 0 Å². The highest BCUT2D eigenvalue weighted by molar-refractivity contribution is 6.31. The molecule has 0 fully saturated rings. The lowest BCUT2D eigenvalue weighted by atomic mass is 10.1. The summed E-state index contributed by atoms with van der Waals surface area (Å²) < 4.78 is 5.29. The second kappa shape index (κ2) is 3.98. The van der Waals surface area contributed by atoms with E-state index in [1.807, 2.05) is 6.07 Å². The van der Waals surface area contributed by atoms with Crippen molar-refractivity contribution in [1.82, 2.24) is 4.98 Å². The second-order valence-electron chi connectivity index (χ2n) is 3.16. The predicted molar refractivity (Wildman–Crippen MR) is 56.4 cm³/mol. The van der Waals surface area contributed by atoms with E-state index in [1.54, 1.807) is 6.07 Å². The zero-order valence-electron chi connectivity index (χ0n) is 7.66. The fraction of sp³-hybridized carbons (Fsp3) is 0.300. The third-order valence-electron chi connectivity index (χ3n) is 2.12. The van der Waals surface area contributed by atoms with Crippen LogP contribution in [0.3, 0.4) is 0 Å². The van der Waals surface area contributed by atoms with Gasteiger partial charge in [0.25, 0.3) is 0 Å². The van der Waals surface area contributed by atoms with Crippen LogP contribution >= 0.6 is 11.6 Å². The van der Waals surface area contributed by atoms with Crippen LogP contribution in [0.25, 0.3) is 11.1 Å². The fourth-order valence-corrected chi connectivity index (χ4v) is 1.72. The lowest BCUT2D eigenvalue weighted by Gasteiger charge is -2.00. The summed E-state index contributed by atoms with van der Waals surface area (Å²) in [5, 5.41) is 0.693. The third kappa shape index (κ3) is 1.74. The number of benzene rings is 1. The first-order valence-corrected chi connectivity index (χ1v) is 4.91. The average molecular weight is 211 g/mol. The Morgan fingerprint density at radius 3 is 3.07 bits per heavy atom. The topological polar surface area (TPSA) is 52.0 Å². The maximum absolute atomic E-state index is 5.95. The van der Waals surface area contributed by atoms with Crippen molar-refractivity contribution in [3.05, 3.63) is 29.1 Å². The third-order valence-corrected chi connectivity index (χ3v) is 2.34. The minimum Gasteiger partial charge on any atom is -0.443 e. The zero-order valence-corrected chi connectivity index (χ0v) is 8.42. The van der Waals surface area contributed by atoms with Crippen molar-refractivity contribution in [2.45, 2.75) is 12.8 Å². The molecule has 3 nitrogen and oxygen atoms in total. The van der Waals surface area contributed by atoms with Crippen LogP contribution in [0.15, 0.2) is 22.9 Å². The number of oxazole rings is 1. The molecule has 1 aromatic carbocycles. The molecule has 0 spiro atoms. The van der Waals surface area contributed by atoms with Crippen LogP contribution in [0.1, 0.15) is 12.0 Å². The molecule has 0 atom stereocenters. The molecular weight excluding hydrogens is 200 g/mol. The quantitative estimate of drug-likeness (QED) is 0.846. The number of rotatable bonds is 3. The van der Waals surface area contributed by atoms with E-state index in [1.165, 1.54) is 6.39 Å². The molecule has 2 aromatic rings. The summed E-state index contributed by atoms with van der Waals surface area (Å²) in [5.74, 6) is 0. The molecule has 0 radical (unpaired) electrons. The SMILES string of the molecule is NCCCc1cc(Cl)cc2ncoc12. The van der Waals surface area contributed by atoms with E-state index in [4.69, 9.17) is 21.8 Å². The summed E-state index contributed by atoms with van der Waals surface area (Å²) in [6.07, 6.45) is 3.24. The van der Waals surface area contributed by atoms with E-state index in [0.29, 0.717) is 11.6 Å². The summed E-state index contributed by atoms with van der Waals surface area (Å²) in [6.45, 7) is 0.669. The number of nitrogens with two attached hydrogens (primary N) is 1. The van der Waals surface area contributed by atoms with Crippen LogP contribution in [0.2, 0.25) is 5.02 Å². The molecule has 1 heterocycles. The number of nitrogens with zero attached hydrogens (tertiary/aromatic N) is 1. The molecular formula is C10H11ClN2O. The summed E-state index contributed by atoms with van der Waals surface area (Å²) in [7, 11) is 0. The van der Waals surface area contributed by atoms with Crippen molar-refractivity contribution in [2.24, 2.45) is 5.73 Å². The Morgan fingerprint density at radius 2 is 2.29 bits per heavy atom. The van der Waals surface area contributed by atoms with Gasteiger partial charge in [-0.15, -0.1) is 0 Å². The monoisotopic (exact) mass is 210 g/mol. The molecule has 1 aromatic heterocycles. The van der Waals surface area contributed by atoms with E-state index in [-0.39, 0.29) is 0 Å². The molecule has 0 aliphatic heterocycles. The smallest absolute Gasteiger partial charge is 0.181 e. The number of halogens is 1. The minimum atomic E-state index is 0.669. The molecule has 0 amide bonds. The molecule has 0 aliphatic rings. The second-order valence-corrected chi connectivity index (χ2v) is 3.59. The van der Waals surface area contributed by atoms with Gasteiger partial charge in [0.1, 0.15) is 5.52 Å². The first-order valence-electron chi connectivity index (χ1n) is 4.53. The van der Waals surface area contributed by atoms with Crippen LogP contribution in [0.5, 0.6) is 0 Å². The van der Waals surface area contributed by atoms with Gasteiger partial charge in [-0.1, -0.05) is 11.6 Å². The van der Waals surface area contributed by atoms with E-state index in [2.05, 4.69) is 4.98 Å². The van der Waals surface area contributed by atoms with Gasteiger partial charge in [0, 0.05) is 5.02 Å². The molecule has 0 aliphatic carbocycles.